The van der Waals surface area contributed by atoms with Crippen molar-refractivity contribution < 1.29 is 9.31 Å². The molecule has 1 aromatic heterocycles. The van der Waals surface area contributed by atoms with E-state index in [0.29, 0.717) is 0 Å². The SMILES string of the molecule is Cc1nnc2n1-c1ccc(B3OC(C)(C)C(C)(C)O3)cc1N(c1ccc(Cl)cc1)CC2C. The van der Waals surface area contributed by atoms with Gasteiger partial charge in [-0.3, -0.25) is 4.57 Å². The van der Waals surface area contributed by atoms with Crippen molar-refractivity contribution in [2.24, 2.45) is 0 Å². The molecular formula is C24H28BClN4O2. The van der Waals surface area contributed by atoms with Gasteiger partial charge < -0.3 is 14.2 Å². The summed E-state index contributed by atoms with van der Waals surface area (Å²) in [7, 11) is -0.431. The Morgan fingerprint density at radius 1 is 0.969 bits per heavy atom. The molecular weight excluding hydrogens is 423 g/mol. The number of rotatable bonds is 2. The van der Waals surface area contributed by atoms with E-state index in [0.717, 1.165) is 45.7 Å². The monoisotopic (exact) mass is 450 g/mol. The van der Waals surface area contributed by atoms with Crippen LogP contribution < -0.4 is 10.4 Å². The van der Waals surface area contributed by atoms with Crippen LogP contribution in [0.1, 0.15) is 52.2 Å². The zero-order chi connectivity index (χ0) is 22.8. The van der Waals surface area contributed by atoms with Gasteiger partial charge in [-0.15, -0.1) is 10.2 Å². The maximum Gasteiger partial charge on any atom is 0.494 e. The molecule has 1 fully saturated rings. The summed E-state index contributed by atoms with van der Waals surface area (Å²) >= 11 is 6.18. The Kier molecular flexibility index (Phi) is 4.93. The number of anilines is 2. The molecule has 0 aliphatic carbocycles. The minimum Gasteiger partial charge on any atom is -0.399 e. The molecule has 166 valence electrons. The van der Waals surface area contributed by atoms with E-state index in [1.165, 1.54) is 0 Å². The minimum atomic E-state index is -0.431. The summed E-state index contributed by atoms with van der Waals surface area (Å²) in [6.45, 7) is 13.2. The van der Waals surface area contributed by atoms with Crippen LogP contribution in [0, 0.1) is 6.92 Å². The van der Waals surface area contributed by atoms with Crippen molar-refractivity contribution in [2.45, 2.75) is 58.7 Å². The Hall–Kier alpha value is -2.35. The van der Waals surface area contributed by atoms with Crippen molar-refractivity contribution in [1.29, 1.82) is 0 Å². The predicted octanol–water partition coefficient (Wildman–Crippen LogP) is 4.78. The van der Waals surface area contributed by atoms with Crippen LogP contribution in [0.2, 0.25) is 5.02 Å². The van der Waals surface area contributed by atoms with Gasteiger partial charge in [0.1, 0.15) is 11.6 Å². The molecule has 1 atom stereocenters. The van der Waals surface area contributed by atoms with Gasteiger partial charge in [-0.25, -0.2) is 0 Å². The molecule has 0 N–H and O–H groups in total. The lowest BCUT2D eigenvalue weighted by molar-refractivity contribution is 0.00578. The standard InChI is InChI=1S/C24H28BClN4O2/c1-15-14-29(19-10-8-18(26)9-11-19)21-13-17(25-31-23(3,4)24(5,6)32-25)7-12-20(21)30-16(2)27-28-22(15)30/h7-13,15H,14H2,1-6H3. The number of aryl methyl sites for hydroxylation is 1. The number of halogens is 1. The molecule has 0 radical (unpaired) electrons. The number of hydrogen-bond donors (Lipinski definition) is 0. The molecule has 3 aromatic rings. The first-order valence-electron chi connectivity index (χ1n) is 11.0. The van der Waals surface area contributed by atoms with Crippen molar-refractivity contribution in [3.8, 4) is 5.69 Å². The third kappa shape index (κ3) is 3.34. The highest BCUT2D eigenvalue weighted by Gasteiger charge is 2.52. The lowest BCUT2D eigenvalue weighted by Crippen LogP contribution is -2.41. The Labute approximate surface area is 194 Å². The van der Waals surface area contributed by atoms with Crippen molar-refractivity contribution in [2.75, 3.05) is 11.4 Å². The van der Waals surface area contributed by atoms with Crippen LogP contribution in [0.5, 0.6) is 0 Å². The highest BCUT2D eigenvalue weighted by atomic mass is 35.5. The van der Waals surface area contributed by atoms with Gasteiger partial charge in [0, 0.05) is 23.2 Å². The second-order valence-electron chi connectivity index (χ2n) is 9.77. The van der Waals surface area contributed by atoms with Crippen LogP contribution in [-0.2, 0) is 9.31 Å². The summed E-state index contributed by atoms with van der Waals surface area (Å²) in [5, 5.41) is 9.57. The fraction of sp³-hybridized carbons (Fsp3) is 0.417. The van der Waals surface area contributed by atoms with Gasteiger partial charge in [0.05, 0.1) is 22.6 Å². The average Bonchev–Trinajstić information content (AvgIpc) is 3.17. The van der Waals surface area contributed by atoms with E-state index in [2.05, 4.69) is 84.6 Å². The van der Waals surface area contributed by atoms with E-state index < -0.39 is 18.3 Å². The maximum atomic E-state index is 6.34. The van der Waals surface area contributed by atoms with Crippen LogP contribution in [0.15, 0.2) is 42.5 Å². The second kappa shape index (κ2) is 7.34. The van der Waals surface area contributed by atoms with E-state index in [1.54, 1.807) is 0 Å². The number of fused-ring (bicyclic) bond motifs is 3. The molecule has 2 aliphatic rings. The van der Waals surface area contributed by atoms with Crippen molar-refractivity contribution in [3.05, 3.63) is 59.1 Å². The van der Waals surface area contributed by atoms with Gasteiger partial charge in [0.25, 0.3) is 0 Å². The lowest BCUT2D eigenvalue weighted by atomic mass is 9.78. The summed E-state index contributed by atoms with van der Waals surface area (Å²) in [5.41, 5.74) is 3.38. The quantitative estimate of drug-likeness (QED) is 0.526. The molecule has 8 heteroatoms. The summed E-state index contributed by atoms with van der Waals surface area (Å²) in [4.78, 5) is 2.32. The zero-order valence-corrected chi connectivity index (χ0v) is 20.1. The van der Waals surface area contributed by atoms with E-state index in [-0.39, 0.29) is 5.92 Å². The molecule has 1 saturated heterocycles. The number of nitrogens with zero attached hydrogens (tertiary/aromatic N) is 4. The average molecular weight is 451 g/mol. The molecule has 1 unspecified atom stereocenters. The molecule has 6 nitrogen and oxygen atoms in total. The predicted molar refractivity (Wildman–Crippen MR) is 129 cm³/mol. The highest BCUT2D eigenvalue weighted by Crippen LogP contribution is 2.40. The fourth-order valence-corrected chi connectivity index (χ4v) is 4.51. The van der Waals surface area contributed by atoms with Crippen LogP contribution in [0.4, 0.5) is 11.4 Å². The summed E-state index contributed by atoms with van der Waals surface area (Å²) in [5.74, 6) is 2.01. The normalized spacial score (nSPS) is 21.3. The highest BCUT2D eigenvalue weighted by molar-refractivity contribution is 6.62. The molecule has 2 aliphatic heterocycles. The molecule has 32 heavy (non-hydrogen) atoms. The molecule has 0 spiro atoms. The van der Waals surface area contributed by atoms with Crippen LogP contribution in [0.25, 0.3) is 5.69 Å². The van der Waals surface area contributed by atoms with Crippen molar-refractivity contribution in [1.82, 2.24) is 14.8 Å². The molecule has 0 amide bonds. The van der Waals surface area contributed by atoms with E-state index in [9.17, 15) is 0 Å². The van der Waals surface area contributed by atoms with Gasteiger partial charge in [-0.1, -0.05) is 24.6 Å². The Morgan fingerprint density at radius 3 is 2.28 bits per heavy atom. The van der Waals surface area contributed by atoms with Crippen molar-refractivity contribution in [3.63, 3.8) is 0 Å². The Balaban J connectivity index is 1.66. The van der Waals surface area contributed by atoms with Gasteiger partial charge in [0.2, 0.25) is 0 Å². The molecule has 5 rings (SSSR count). The first-order valence-corrected chi connectivity index (χ1v) is 11.4. The lowest BCUT2D eigenvalue weighted by Gasteiger charge is -2.32. The fourth-order valence-electron chi connectivity index (χ4n) is 4.39. The van der Waals surface area contributed by atoms with Crippen LogP contribution in [-0.4, -0.2) is 39.6 Å². The summed E-state index contributed by atoms with van der Waals surface area (Å²) in [6, 6.07) is 14.3. The maximum absolute atomic E-state index is 6.34. The van der Waals surface area contributed by atoms with Crippen LogP contribution >= 0.6 is 11.6 Å². The number of hydrogen-bond acceptors (Lipinski definition) is 5. The van der Waals surface area contributed by atoms with Crippen molar-refractivity contribution >= 4 is 35.6 Å². The topological polar surface area (TPSA) is 52.4 Å². The van der Waals surface area contributed by atoms with Gasteiger partial charge in [-0.05, 0) is 76.5 Å². The Morgan fingerprint density at radius 2 is 1.62 bits per heavy atom. The second-order valence-corrected chi connectivity index (χ2v) is 10.2. The molecule has 2 aromatic carbocycles. The third-order valence-corrected chi connectivity index (χ3v) is 7.19. The van der Waals surface area contributed by atoms with Gasteiger partial charge in [0.15, 0.2) is 0 Å². The number of aromatic nitrogens is 3. The smallest absolute Gasteiger partial charge is 0.399 e. The van der Waals surface area contributed by atoms with E-state index in [1.807, 2.05) is 19.1 Å². The van der Waals surface area contributed by atoms with E-state index >= 15 is 0 Å². The molecule has 0 saturated carbocycles. The first kappa shape index (κ1) is 21.5. The van der Waals surface area contributed by atoms with Gasteiger partial charge >= 0.3 is 7.12 Å². The third-order valence-electron chi connectivity index (χ3n) is 6.94. The first-order chi connectivity index (χ1) is 15.1. The summed E-state index contributed by atoms with van der Waals surface area (Å²) in [6.07, 6.45) is 0. The Bertz CT molecular complexity index is 1160. The summed E-state index contributed by atoms with van der Waals surface area (Å²) < 4.78 is 14.8. The van der Waals surface area contributed by atoms with E-state index in [4.69, 9.17) is 20.9 Å². The minimum absolute atomic E-state index is 0.180. The zero-order valence-electron chi connectivity index (χ0n) is 19.4. The molecule has 0 bridgehead atoms. The number of benzene rings is 2. The molecule has 3 heterocycles. The van der Waals surface area contributed by atoms with Gasteiger partial charge in [-0.2, -0.15) is 0 Å². The largest absolute Gasteiger partial charge is 0.494 e. The van der Waals surface area contributed by atoms with Crippen LogP contribution in [0.3, 0.4) is 0 Å².